The van der Waals surface area contributed by atoms with Crippen molar-refractivity contribution in [2.75, 3.05) is 12.3 Å². The van der Waals surface area contributed by atoms with Gasteiger partial charge in [-0.3, -0.25) is 0 Å². The molecule has 1 atom stereocenters. The van der Waals surface area contributed by atoms with Crippen LogP contribution in [-0.4, -0.2) is 18.3 Å². The smallest absolute Gasteiger partial charge is 0.0417 e. The quantitative estimate of drug-likeness (QED) is 0.533. The topological polar surface area (TPSA) is 12.0 Å². The van der Waals surface area contributed by atoms with Crippen molar-refractivity contribution >= 4 is 23.4 Å². The summed E-state index contributed by atoms with van der Waals surface area (Å²) in [6.07, 6.45) is 10.5. The van der Waals surface area contributed by atoms with Crippen molar-refractivity contribution in [1.82, 2.24) is 5.32 Å². The van der Waals surface area contributed by atoms with E-state index in [1.54, 1.807) is 5.57 Å². The minimum Gasteiger partial charge on any atom is -0.310 e. The molecule has 0 saturated heterocycles. The maximum atomic E-state index is 6.07. The van der Waals surface area contributed by atoms with Gasteiger partial charge in [-0.05, 0) is 50.4 Å². The SMILES string of the molecule is CCNC(CSc1cccc(Cl)c1)/C1=C/CCCCCC1. The standard InChI is InChI=1S/C18H26ClNS/c1-2-20-18(15-9-6-4-3-5-7-10-15)14-21-17-12-8-11-16(19)13-17/h8-9,11-13,18,20H,2-7,10,14H2,1H3/b15-9+. The molecule has 1 unspecified atom stereocenters. The van der Waals surface area contributed by atoms with E-state index >= 15 is 0 Å². The number of hydrogen-bond donors (Lipinski definition) is 1. The van der Waals surface area contributed by atoms with Crippen LogP contribution in [0.5, 0.6) is 0 Å². The van der Waals surface area contributed by atoms with Crippen LogP contribution in [0.1, 0.15) is 45.4 Å². The Labute approximate surface area is 138 Å². The molecule has 1 aromatic rings. The summed E-state index contributed by atoms with van der Waals surface area (Å²) in [5.74, 6) is 1.08. The summed E-state index contributed by atoms with van der Waals surface area (Å²) in [6.45, 7) is 3.22. The van der Waals surface area contributed by atoms with Gasteiger partial charge in [-0.25, -0.2) is 0 Å². The summed E-state index contributed by atoms with van der Waals surface area (Å²) in [7, 11) is 0. The van der Waals surface area contributed by atoms with Gasteiger partial charge in [-0.1, -0.05) is 49.1 Å². The zero-order valence-electron chi connectivity index (χ0n) is 12.9. The van der Waals surface area contributed by atoms with Gasteiger partial charge in [0.2, 0.25) is 0 Å². The Morgan fingerprint density at radius 3 is 2.90 bits per heavy atom. The van der Waals surface area contributed by atoms with E-state index in [2.05, 4.69) is 30.4 Å². The minimum atomic E-state index is 0.497. The number of allylic oxidation sites excluding steroid dienone is 1. The third-order valence-corrected chi connectivity index (χ3v) is 5.26. The largest absolute Gasteiger partial charge is 0.310 e. The summed E-state index contributed by atoms with van der Waals surface area (Å²) in [4.78, 5) is 1.26. The maximum absolute atomic E-state index is 6.07. The van der Waals surface area contributed by atoms with Crippen LogP contribution >= 0.6 is 23.4 Å². The molecule has 0 aromatic heterocycles. The van der Waals surface area contributed by atoms with Crippen LogP contribution in [0.15, 0.2) is 40.8 Å². The lowest BCUT2D eigenvalue weighted by Gasteiger charge is -2.23. The molecular weight excluding hydrogens is 298 g/mol. The fourth-order valence-corrected chi connectivity index (χ4v) is 4.14. The molecule has 1 aliphatic rings. The number of likely N-dealkylation sites (N-methyl/N-ethyl adjacent to an activating group) is 1. The molecule has 3 heteroatoms. The summed E-state index contributed by atoms with van der Waals surface area (Å²) in [6, 6.07) is 8.66. The summed E-state index contributed by atoms with van der Waals surface area (Å²) in [5.41, 5.74) is 1.62. The number of nitrogens with one attached hydrogen (secondary N) is 1. The van der Waals surface area contributed by atoms with E-state index in [9.17, 15) is 0 Å². The van der Waals surface area contributed by atoms with Crippen LogP contribution in [0.4, 0.5) is 0 Å². The number of halogens is 1. The van der Waals surface area contributed by atoms with Gasteiger partial charge in [-0.15, -0.1) is 11.8 Å². The van der Waals surface area contributed by atoms with Crippen LogP contribution in [0.2, 0.25) is 5.02 Å². The number of benzene rings is 1. The monoisotopic (exact) mass is 323 g/mol. The molecule has 1 aromatic carbocycles. The molecule has 0 fully saturated rings. The normalized spacial score (nSPS) is 20.2. The highest BCUT2D eigenvalue weighted by atomic mass is 35.5. The molecule has 0 saturated carbocycles. The molecule has 116 valence electrons. The number of rotatable bonds is 6. The molecule has 0 radical (unpaired) electrons. The Bertz CT molecular complexity index is 458. The van der Waals surface area contributed by atoms with E-state index < -0.39 is 0 Å². The van der Waals surface area contributed by atoms with E-state index in [1.807, 2.05) is 23.9 Å². The van der Waals surface area contributed by atoms with Gasteiger partial charge in [0.05, 0.1) is 0 Å². The average molecular weight is 324 g/mol. The van der Waals surface area contributed by atoms with Gasteiger partial charge in [0.1, 0.15) is 0 Å². The third-order valence-electron chi connectivity index (χ3n) is 3.94. The van der Waals surface area contributed by atoms with Gasteiger partial charge in [-0.2, -0.15) is 0 Å². The Morgan fingerprint density at radius 1 is 1.24 bits per heavy atom. The Balaban J connectivity index is 1.97. The highest BCUT2D eigenvalue weighted by Gasteiger charge is 2.14. The van der Waals surface area contributed by atoms with Crippen molar-refractivity contribution in [3.63, 3.8) is 0 Å². The summed E-state index contributed by atoms with van der Waals surface area (Å²) < 4.78 is 0. The van der Waals surface area contributed by atoms with Crippen LogP contribution < -0.4 is 5.32 Å². The first-order valence-electron chi connectivity index (χ1n) is 8.10. The van der Waals surface area contributed by atoms with Crippen molar-refractivity contribution in [1.29, 1.82) is 0 Å². The van der Waals surface area contributed by atoms with Gasteiger partial charge in [0, 0.05) is 21.7 Å². The van der Waals surface area contributed by atoms with E-state index in [4.69, 9.17) is 11.6 Å². The zero-order valence-corrected chi connectivity index (χ0v) is 14.5. The molecule has 1 nitrogen and oxygen atoms in total. The van der Waals surface area contributed by atoms with Crippen molar-refractivity contribution in [2.45, 2.75) is 56.4 Å². The molecule has 21 heavy (non-hydrogen) atoms. The summed E-state index contributed by atoms with van der Waals surface area (Å²) in [5, 5.41) is 4.49. The first-order chi connectivity index (χ1) is 10.3. The maximum Gasteiger partial charge on any atom is 0.0417 e. The fraction of sp³-hybridized carbons (Fsp3) is 0.556. The van der Waals surface area contributed by atoms with Crippen molar-refractivity contribution in [3.05, 3.63) is 40.9 Å². The van der Waals surface area contributed by atoms with Gasteiger partial charge >= 0.3 is 0 Å². The van der Waals surface area contributed by atoms with Crippen LogP contribution in [-0.2, 0) is 0 Å². The molecule has 0 bridgehead atoms. The number of hydrogen-bond acceptors (Lipinski definition) is 2. The molecule has 0 spiro atoms. The fourth-order valence-electron chi connectivity index (χ4n) is 2.81. The zero-order chi connectivity index (χ0) is 14.9. The van der Waals surface area contributed by atoms with E-state index in [0.717, 1.165) is 17.3 Å². The van der Waals surface area contributed by atoms with Crippen molar-refractivity contribution < 1.29 is 0 Å². The lowest BCUT2D eigenvalue weighted by Crippen LogP contribution is -2.33. The van der Waals surface area contributed by atoms with Crippen LogP contribution in [0.25, 0.3) is 0 Å². The molecule has 2 rings (SSSR count). The highest BCUT2D eigenvalue weighted by molar-refractivity contribution is 7.99. The number of thioether (sulfide) groups is 1. The van der Waals surface area contributed by atoms with Crippen molar-refractivity contribution in [2.24, 2.45) is 0 Å². The minimum absolute atomic E-state index is 0.497. The Kier molecular flexibility index (Phi) is 7.70. The van der Waals surface area contributed by atoms with Gasteiger partial charge < -0.3 is 5.32 Å². The third kappa shape index (κ3) is 6.06. The van der Waals surface area contributed by atoms with E-state index in [0.29, 0.717) is 6.04 Å². The first kappa shape index (κ1) is 16.9. The molecular formula is C18H26ClNS. The lowest BCUT2D eigenvalue weighted by molar-refractivity contribution is 0.566. The average Bonchev–Trinajstić information content (AvgIpc) is 2.44. The lowest BCUT2D eigenvalue weighted by atomic mass is 9.95. The van der Waals surface area contributed by atoms with Gasteiger partial charge in [0.15, 0.2) is 0 Å². The first-order valence-corrected chi connectivity index (χ1v) is 9.46. The second-order valence-corrected chi connectivity index (χ2v) is 7.14. The van der Waals surface area contributed by atoms with Crippen LogP contribution in [0.3, 0.4) is 0 Å². The second-order valence-electron chi connectivity index (χ2n) is 5.61. The van der Waals surface area contributed by atoms with Crippen LogP contribution in [0, 0.1) is 0 Å². The molecule has 0 amide bonds. The predicted molar refractivity (Wildman–Crippen MR) is 95.4 cm³/mol. The summed E-state index contributed by atoms with van der Waals surface area (Å²) >= 11 is 7.97. The molecule has 0 aliphatic heterocycles. The predicted octanol–water partition coefficient (Wildman–Crippen LogP) is 5.69. The molecule has 0 heterocycles. The van der Waals surface area contributed by atoms with E-state index in [1.165, 1.54) is 43.4 Å². The van der Waals surface area contributed by atoms with Gasteiger partial charge in [0.25, 0.3) is 0 Å². The Morgan fingerprint density at radius 2 is 2.10 bits per heavy atom. The second kappa shape index (κ2) is 9.55. The highest BCUT2D eigenvalue weighted by Crippen LogP contribution is 2.26. The van der Waals surface area contributed by atoms with Crippen molar-refractivity contribution in [3.8, 4) is 0 Å². The molecule has 1 N–H and O–H groups in total. The van der Waals surface area contributed by atoms with E-state index in [-0.39, 0.29) is 0 Å². The Hall–Kier alpha value is -0.440. The molecule has 1 aliphatic carbocycles.